The van der Waals surface area contributed by atoms with Gasteiger partial charge in [0, 0.05) is 11.6 Å². The minimum atomic E-state index is -0.551. The Morgan fingerprint density at radius 1 is 1.14 bits per heavy atom. The van der Waals surface area contributed by atoms with Gasteiger partial charge in [-0.1, -0.05) is 42.8 Å². The second-order valence-electron chi connectivity index (χ2n) is 5.10. The molecule has 4 heteroatoms. The SMILES string of the molecule is CC[C@@H](O)c1nc2ccccc2n1Cc1ccc(Cl)cc1. The molecule has 0 unspecified atom stereocenters. The third-order valence-electron chi connectivity index (χ3n) is 3.62. The van der Waals surface area contributed by atoms with Crippen molar-refractivity contribution in [1.82, 2.24) is 9.55 Å². The second kappa shape index (κ2) is 5.88. The highest BCUT2D eigenvalue weighted by Gasteiger charge is 2.16. The normalized spacial score (nSPS) is 12.7. The first-order valence-corrected chi connectivity index (χ1v) is 7.44. The molecule has 21 heavy (non-hydrogen) atoms. The van der Waals surface area contributed by atoms with Gasteiger partial charge < -0.3 is 9.67 Å². The van der Waals surface area contributed by atoms with Crippen molar-refractivity contribution < 1.29 is 5.11 Å². The highest BCUT2D eigenvalue weighted by atomic mass is 35.5. The topological polar surface area (TPSA) is 38.1 Å². The Labute approximate surface area is 128 Å². The zero-order chi connectivity index (χ0) is 14.8. The van der Waals surface area contributed by atoms with E-state index < -0.39 is 6.10 Å². The molecular weight excluding hydrogens is 284 g/mol. The molecule has 0 saturated carbocycles. The lowest BCUT2D eigenvalue weighted by Gasteiger charge is -2.12. The molecule has 0 aliphatic heterocycles. The molecule has 0 fully saturated rings. The Morgan fingerprint density at radius 3 is 2.57 bits per heavy atom. The van der Waals surface area contributed by atoms with E-state index in [1.807, 2.05) is 55.5 Å². The van der Waals surface area contributed by atoms with E-state index >= 15 is 0 Å². The summed E-state index contributed by atoms with van der Waals surface area (Å²) in [5.74, 6) is 0.716. The Bertz CT molecular complexity index is 749. The number of hydrogen-bond donors (Lipinski definition) is 1. The van der Waals surface area contributed by atoms with Crippen LogP contribution in [0.3, 0.4) is 0 Å². The van der Waals surface area contributed by atoms with Crippen LogP contribution < -0.4 is 0 Å². The fourth-order valence-corrected chi connectivity index (χ4v) is 2.60. The molecule has 2 aromatic carbocycles. The fourth-order valence-electron chi connectivity index (χ4n) is 2.47. The van der Waals surface area contributed by atoms with Crippen LogP contribution >= 0.6 is 11.6 Å². The second-order valence-corrected chi connectivity index (χ2v) is 5.53. The van der Waals surface area contributed by atoms with Crippen LogP contribution in [0.15, 0.2) is 48.5 Å². The summed E-state index contributed by atoms with van der Waals surface area (Å²) < 4.78 is 2.08. The fraction of sp³-hybridized carbons (Fsp3) is 0.235. The molecule has 1 heterocycles. The van der Waals surface area contributed by atoms with Crippen LogP contribution in [0.1, 0.15) is 30.8 Å². The molecule has 0 amide bonds. The Morgan fingerprint density at radius 2 is 1.86 bits per heavy atom. The van der Waals surface area contributed by atoms with Crippen LogP contribution in [0.25, 0.3) is 11.0 Å². The highest BCUT2D eigenvalue weighted by molar-refractivity contribution is 6.30. The van der Waals surface area contributed by atoms with Crippen molar-refractivity contribution in [2.75, 3.05) is 0 Å². The molecule has 3 aromatic rings. The molecule has 0 spiro atoms. The number of nitrogens with zero attached hydrogens (tertiary/aromatic N) is 2. The summed E-state index contributed by atoms with van der Waals surface area (Å²) in [6.07, 6.45) is 0.0916. The first-order chi connectivity index (χ1) is 10.2. The predicted octanol–water partition coefficient (Wildman–Crippen LogP) is 4.18. The largest absolute Gasteiger partial charge is 0.385 e. The van der Waals surface area contributed by atoms with Crippen molar-refractivity contribution >= 4 is 22.6 Å². The summed E-state index contributed by atoms with van der Waals surface area (Å²) in [6.45, 7) is 2.63. The highest BCUT2D eigenvalue weighted by Crippen LogP contribution is 2.24. The minimum Gasteiger partial charge on any atom is -0.385 e. The maximum absolute atomic E-state index is 10.2. The number of hydrogen-bond acceptors (Lipinski definition) is 2. The predicted molar refractivity (Wildman–Crippen MR) is 85.5 cm³/mol. The summed E-state index contributed by atoms with van der Waals surface area (Å²) in [7, 11) is 0. The van der Waals surface area contributed by atoms with E-state index in [9.17, 15) is 5.11 Å². The number of aromatic nitrogens is 2. The third kappa shape index (κ3) is 2.80. The lowest BCUT2D eigenvalue weighted by atomic mass is 10.2. The van der Waals surface area contributed by atoms with Gasteiger partial charge in [-0.25, -0.2) is 4.98 Å². The zero-order valence-corrected chi connectivity index (χ0v) is 12.6. The van der Waals surface area contributed by atoms with E-state index in [2.05, 4.69) is 9.55 Å². The van der Waals surface area contributed by atoms with Crippen LogP contribution in [0.4, 0.5) is 0 Å². The number of imidazole rings is 1. The molecule has 108 valence electrons. The maximum atomic E-state index is 10.2. The van der Waals surface area contributed by atoms with Crippen molar-refractivity contribution in [3.63, 3.8) is 0 Å². The van der Waals surface area contributed by atoms with Crippen molar-refractivity contribution in [3.8, 4) is 0 Å². The average Bonchev–Trinajstić information content (AvgIpc) is 2.88. The number of para-hydroxylation sites is 2. The van der Waals surface area contributed by atoms with Crippen LogP contribution in [0.5, 0.6) is 0 Å². The number of halogens is 1. The Hall–Kier alpha value is -1.84. The van der Waals surface area contributed by atoms with E-state index in [1.54, 1.807) is 0 Å². The smallest absolute Gasteiger partial charge is 0.139 e. The van der Waals surface area contributed by atoms with Gasteiger partial charge in [0.25, 0.3) is 0 Å². The van der Waals surface area contributed by atoms with Gasteiger partial charge in [0.05, 0.1) is 11.0 Å². The molecule has 1 N–H and O–H groups in total. The maximum Gasteiger partial charge on any atom is 0.139 e. The van der Waals surface area contributed by atoms with Gasteiger partial charge in [-0.05, 0) is 36.2 Å². The summed E-state index contributed by atoms with van der Waals surface area (Å²) in [4.78, 5) is 4.58. The number of rotatable bonds is 4. The summed E-state index contributed by atoms with van der Waals surface area (Å²) >= 11 is 5.93. The molecule has 1 aromatic heterocycles. The van der Waals surface area contributed by atoms with Crippen LogP contribution in [-0.2, 0) is 6.54 Å². The Kier molecular flexibility index (Phi) is 3.95. The van der Waals surface area contributed by atoms with Gasteiger partial charge in [0.1, 0.15) is 11.9 Å². The van der Waals surface area contributed by atoms with E-state index in [0.29, 0.717) is 18.8 Å². The Balaban J connectivity index is 2.08. The van der Waals surface area contributed by atoms with Crippen molar-refractivity contribution in [2.45, 2.75) is 26.0 Å². The number of benzene rings is 2. The molecule has 3 rings (SSSR count). The first-order valence-electron chi connectivity index (χ1n) is 7.06. The number of aliphatic hydroxyl groups excluding tert-OH is 1. The average molecular weight is 301 g/mol. The first kappa shape index (κ1) is 14.1. The van der Waals surface area contributed by atoms with Crippen LogP contribution in [-0.4, -0.2) is 14.7 Å². The number of fused-ring (bicyclic) bond motifs is 1. The van der Waals surface area contributed by atoms with E-state index in [-0.39, 0.29) is 0 Å². The molecular formula is C17H17ClN2O. The molecule has 0 saturated heterocycles. The third-order valence-corrected chi connectivity index (χ3v) is 3.87. The van der Waals surface area contributed by atoms with Crippen molar-refractivity contribution in [2.24, 2.45) is 0 Å². The molecule has 0 radical (unpaired) electrons. The lowest BCUT2D eigenvalue weighted by Crippen LogP contribution is -2.09. The molecule has 3 nitrogen and oxygen atoms in total. The van der Waals surface area contributed by atoms with E-state index in [1.165, 1.54) is 0 Å². The van der Waals surface area contributed by atoms with Gasteiger partial charge in [-0.15, -0.1) is 0 Å². The quantitative estimate of drug-likeness (QED) is 0.785. The lowest BCUT2D eigenvalue weighted by molar-refractivity contribution is 0.160. The molecule has 1 atom stereocenters. The standard InChI is InChI=1S/C17H17ClN2O/c1-2-16(21)17-19-14-5-3-4-6-15(14)20(17)11-12-7-9-13(18)10-8-12/h3-10,16,21H,2,11H2,1H3/t16-/m1/s1. The van der Waals surface area contributed by atoms with Crippen molar-refractivity contribution in [1.29, 1.82) is 0 Å². The van der Waals surface area contributed by atoms with Crippen LogP contribution in [0.2, 0.25) is 5.02 Å². The molecule has 0 bridgehead atoms. The van der Waals surface area contributed by atoms with E-state index in [4.69, 9.17) is 11.6 Å². The van der Waals surface area contributed by atoms with Gasteiger partial charge in [0.2, 0.25) is 0 Å². The van der Waals surface area contributed by atoms with Gasteiger partial charge >= 0.3 is 0 Å². The van der Waals surface area contributed by atoms with E-state index in [0.717, 1.165) is 21.6 Å². The monoisotopic (exact) mass is 300 g/mol. The summed E-state index contributed by atoms with van der Waals surface area (Å²) in [5, 5.41) is 11.0. The minimum absolute atomic E-state index is 0.551. The number of aliphatic hydroxyl groups is 1. The van der Waals surface area contributed by atoms with Gasteiger partial charge in [0.15, 0.2) is 0 Å². The van der Waals surface area contributed by atoms with Crippen LogP contribution in [0, 0.1) is 0 Å². The summed E-state index contributed by atoms with van der Waals surface area (Å²) in [6, 6.07) is 15.7. The van der Waals surface area contributed by atoms with Gasteiger partial charge in [-0.2, -0.15) is 0 Å². The summed E-state index contributed by atoms with van der Waals surface area (Å²) in [5.41, 5.74) is 3.08. The van der Waals surface area contributed by atoms with Crippen molar-refractivity contribution in [3.05, 3.63) is 64.9 Å². The van der Waals surface area contributed by atoms with Gasteiger partial charge in [-0.3, -0.25) is 0 Å². The molecule has 0 aliphatic rings. The zero-order valence-electron chi connectivity index (χ0n) is 11.8. The molecule has 0 aliphatic carbocycles.